The lowest BCUT2D eigenvalue weighted by molar-refractivity contribution is -0.594. The van der Waals surface area contributed by atoms with E-state index >= 15 is 10.1 Å². The summed E-state index contributed by atoms with van der Waals surface area (Å²) in [6.45, 7) is 1.18. The van der Waals surface area contributed by atoms with Gasteiger partial charge in [-0.3, -0.25) is 24.5 Å². The van der Waals surface area contributed by atoms with Gasteiger partial charge in [0.1, 0.15) is 37.9 Å². The summed E-state index contributed by atoms with van der Waals surface area (Å²) in [5, 5.41) is 79.9. The zero-order chi connectivity index (χ0) is 57.4. The lowest BCUT2D eigenvalue weighted by Gasteiger charge is -2.50. The van der Waals surface area contributed by atoms with Crippen LogP contribution in [0.5, 0.6) is 0 Å². The third-order valence-electron chi connectivity index (χ3n) is 13.7. The van der Waals surface area contributed by atoms with Gasteiger partial charge in [0.15, 0.2) is 17.5 Å². The summed E-state index contributed by atoms with van der Waals surface area (Å²) < 4.78 is 18.3. The first-order valence-corrected chi connectivity index (χ1v) is 25.6. The molecule has 3 aromatic carbocycles. The van der Waals surface area contributed by atoms with E-state index in [9.17, 15) is 59.4 Å². The van der Waals surface area contributed by atoms with E-state index in [0.29, 0.717) is 31.4 Å². The fraction of sp³-hybridized carbons (Fsp3) is 0.400. The predicted octanol–water partition coefficient (Wildman–Crippen LogP) is 6.39. The monoisotopic (exact) mass is 1090 g/mol. The first-order valence-electron chi connectivity index (χ1n) is 25.6. The number of nitro groups is 1. The summed E-state index contributed by atoms with van der Waals surface area (Å²) in [4.78, 5) is 115. The van der Waals surface area contributed by atoms with Gasteiger partial charge in [0.2, 0.25) is 34.6 Å². The van der Waals surface area contributed by atoms with Gasteiger partial charge >= 0.3 is 18.3 Å². The van der Waals surface area contributed by atoms with Crippen molar-refractivity contribution in [3.8, 4) is 0 Å². The molecule has 3 amide bonds. The van der Waals surface area contributed by atoms with Gasteiger partial charge in [-0.05, 0) is 55.2 Å². The van der Waals surface area contributed by atoms with E-state index in [1.54, 1.807) is 91.0 Å². The lowest BCUT2D eigenvalue weighted by atomic mass is 9.71. The molecule has 6 unspecified atom stereocenters. The third-order valence-corrected chi connectivity index (χ3v) is 13.7. The molecule has 3 aliphatic heterocycles. The number of Topliss-reactive ketones (excluding diaryl/α,β-unsaturated/α-hetero) is 3. The number of carboxylic acid groups (broad SMARTS) is 3. The van der Waals surface area contributed by atoms with Crippen LogP contribution in [0.3, 0.4) is 0 Å². The van der Waals surface area contributed by atoms with Crippen molar-refractivity contribution in [3.05, 3.63) is 153 Å². The van der Waals surface area contributed by atoms with Crippen molar-refractivity contribution in [1.29, 1.82) is 0 Å². The molecule has 24 heteroatoms. The number of carbonyl (C=O) groups is 6. The van der Waals surface area contributed by atoms with Crippen LogP contribution < -0.4 is 0 Å². The third kappa shape index (κ3) is 12.9. The van der Waals surface area contributed by atoms with E-state index in [1.165, 1.54) is 20.8 Å². The molecular formula is C55H63N7O17. The molecule has 3 aliphatic rings. The SMILES string of the molecule is CCC(N(C(=O)O)C1=C(OCc2ccccc2)C(=O)C(CCO)C=N1)C(C(CC)N(C(=O)O)C1=C(OCc2ccccc2)C(=O)C(CCO)C=N1)(C(CC)N(C(=O)O)C1=C(OCc2ccccc2)C(=O)C(CCO)C=N1)[N+](=O)[O-]. The van der Waals surface area contributed by atoms with Crippen LogP contribution in [0, 0.1) is 27.9 Å². The molecule has 0 spiro atoms. The highest BCUT2D eigenvalue weighted by atomic mass is 16.6. The number of aliphatic imine (C=N–C) groups is 3. The number of carbonyl (C=O) groups excluding carboxylic acids is 3. The summed E-state index contributed by atoms with van der Waals surface area (Å²) in [7, 11) is 0. The van der Waals surface area contributed by atoms with Gasteiger partial charge < -0.3 is 44.8 Å². The number of aliphatic hydroxyl groups is 3. The maximum Gasteiger partial charge on any atom is 0.413 e. The van der Waals surface area contributed by atoms with Crippen LogP contribution in [0.1, 0.15) is 76.0 Å². The van der Waals surface area contributed by atoms with Gasteiger partial charge in [-0.1, -0.05) is 112 Å². The topological polar surface area (TPSA) is 341 Å². The van der Waals surface area contributed by atoms with Gasteiger partial charge in [0, 0.05) is 43.4 Å². The standard InChI is InChI=1S/C55H63N7O17/c1-4-40(59(52(69)70)49-46(43(66)37(22-25-63)28-56-49)77-31-34-16-10-7-11-17-34)55(62(75)76,41(5-2)60(53(71)72)50-47(44(67)38(23-26-64)29-57-50)78-32-35-18-12-8-13-19-35)42(6-3)61(54(73)74)51-48(45(68)39(24-27-65)30-58-51)79-33-36-20-14-9-15-21-36/h7-21,28-30,37-42,63-65H,4-6,22-27,31-33H2,1-3H3,(H,69,70)(H,71,72)(H,73,74). The molecule has 3 aromatic rings. The van der Waals surface area contributed by atoms with Crippen molar-refractivity contribution in [1.82, 2.24) is 14.7 Å². The average Bonchev–Trinajstić information content (AvgIpc) is 3.45. The largest absolute Gasteiger partial charge is 0.482 e. The molecule has 6 N–H and O–H groups in total. The Hall–Kier alpha value is -8.61. The summed E-state index contributed by atoms with van der Waals surface area (Å²) in [5.74, 6) is -10.9. The molecule has 420 valence electrons. The maximum absolute atomic E-state index is 15.2. The van der Waals surface area contributed by atoms with Crippen molar-refractivity contribution in [2.24, 2.45) is 32.7 Å². The van der Waals surface area contributed by atoms with Gasteiger partial charge in [0.25, 0.3) is 5.54 Å². The van der Waals surface area contributed by atoms with E-state index in [4.69, 9.17) is 14.2 Å². The molecule has 0 saturated heterocycles. The minimum atomic E-state index is -3.39. The molecule has 6 atom stereocenters. The number of benzene rings is 3. The van der Waals surface area contributed by atoms with Gasteiger partial charge in [-0.15, -0.1) is 0 Å². The van der Waals surface area contributed by atoms with Crippen molar-refractivity contribution in [2.45, 2.75) is 103 Å². The predicted molar refractivity (Wildman–Crippen MR) is 282 cm³/mol. The van der Waals surface area contributed by atoms with Crippen molar-refractivity contribution < 1.29 is 78.5 Å². The van der Waals surface area contributed by atoms with Gasteiger partial charge in [-0.2, -0.15) is 0 Å². The molecule has 0 aromatic heterocycles. The number of ether oxygens (including phenoxy) is 3. The van der Waals surface area contributed by atoms with Crippen molar-refractivity contribution in [2.75, 3.05) is 19.8 Å². The molecule has 0 aliphatic carbocycles. The second-order valence-corrected chi connectivity index (χ2v) is 18.4. The van der Waals surface area contributed by atoms with E-state index < -0.39 is 156 Å². The van der Waals surface area contributed by atoms with E-state index in [1.807, 2.05) is 0 Å². The number of allylic oxidation sites excluding steroid dienone is 3. The highest BCUT2D eigenvalue weighted by Crippen LogP contribution is 2.45. The molecular weight excluding hydrogens is 1030 g/mol. The average molecular weight is 1090 g/mol. The fourth-order valence-electron chi connectivity index (χ4n) is 10.1. The number of nitrogens with zero attached hydrogens (tertiary/aromatic N) is 7. The van der Waals surface area contributed by atoms with Gasteiger partial charge in [-0.25, -0.2) is 44.1 Å². The summed E-state index contributed by atoms with van der Waals surface area (Å²) in [5.41, 5.74) is -1.93. The van der Waals surface area contributed by atoms with Crippen LogP contribution in [-0.2, 0) is 48.4 Å². The fourth-order valence-corrected chi connectivity index (χ4v) is 10.1. The van der Waals surface area contributed by atoms with E-state index in [0.717, 1.165) is 18.6 Å². The smallest absolute Gasteiger partial charge is 0.413 e. The minimum absolute atomic E-state index is 0.210. The highest BCUT2D eigenvalue weighted by molar-refractivity contribution is 6.08. The number of hydrogen-bond donors (Lipinski definition) is 6. The van der Waals surface area contributed by atoms with Crippen LogP contribution in [0.4, 0.5) is 14.4 Å². The Morgan fingerprint density at radius 1 is 0.519 bits per heavy atom. The zero-order valence-corrected chi connectivity index (χ0v) is 43.6. The molecule has 24 nitrogen and oxygen atoms in total. The summed E-state index contributed by atoms with van der Waals surface area (Å²) in [6, 6.07) is 18.0. The summed E-state index contributed by atoms with van der Waals surface area (Å²) >= 11 is 0. The number of amides is 3. The first-order chi connectivity index (χ1) is 38.0. The van der Waals surface area contributed by atoms with Crippen LogP contribution >= 0.6 is 0 Å². The molecule has 0 fully saturated rings. The van der Waals surface area contributed by atoms with E-state index in [-0.39, 0.29) is 39.1 Å². The lowest BCUT2D eigenvalue weighted by Crippen LogP contribution is -2.76. The Labute approximate surface area is 454 Å². The highest BCUT2D eigenvalue weighted by Gasteiger charge is 2.69. The second kappa shape index (κ2) is 27.6. The Morgan fingerprint density at radius 2 is 0.772 bits per heavy atom. The number of rotatable bonds is 28. The minimum Gasteiger partial charge on any atom is -0.482 e. The molecule has 0 saturated carbocycles. The zero-order valence-electron chi connectivity index (χ0n) is 43.6. The van der Waals surface area contributed by atoms with Crippen LogP contribution in [0.15, 0.2) is 141 Å². The maximum atomic E-state index is 15.2. The van der Waals surface area contributed by atoms with E-state index in [2.05, 4.69) is 15.0 Å². The quantitative estimate of drug-likeness (QED) is 0.0339. The Morgan fingerprint density at radius 3 is 0.975 bits per heavy atom. The van der Waals surface area contributed by atoms with Gasteiger partial charge in [0.05, 0.1) is 17.8 Å². The Balaban J connectivity index is 1.73. The Bertz CT molecular complexity index is 2600. The number of aliphatic hydroxyl groups excluding tert-OH is 3. The number of ketones is 3. The molecule has 0 bridgehead atoms. The van der Waals surface area contributed by atoms with Crippen LogP contribution in [0.25, 0.3) is 0 Å². The summed E-state index contributed by atoms with van der Waals surface area (Å²) in [6.07, 6.45) is -5.64. The Kier molecular flexibility index (Phi) is 20.9. The number of hydrogen-bond acceptors (Lipinski definition) is 17. The molecule has 79 heavy (non-hydrogen) atoms. The second-order valence-electron chi connectivity index (χ2n) is 18.4. The normalized spacial score (nSPS) is 19.1. The molecule has 6 rings (SSSR count). The van der Waals surface area contributed by atoms with Crippen LogP contribution in [0.2, 0.25) is 0 Å². The van der Waals surface area contributed by atoms with Crippen LogP contribution in [-0.4, -0.2) is 148 Å². The van der Waals surface area contributed by atoms with Crippen molar-refractivity contribution in [3.63, 3.8) is 0 Å². The molecule has 0 radical (unpaired) electrons. The molecule has 3 heterocycles. The van der Waals surface area contributed by atoms with Crippen molar-refractivity contribution >= 4 is 54.3 Å². The first kappa shape index (κ1) is 59.6.